The molecular weight excluding hydrogens is 881 g/mol. The number of hydrogen-bond acceptors (Lipinski definition) is 13. The summed E-state index contributed by atoms with van der Waals surface area (Å²) in [4.78, 5) is 18.1. The van der Waals surface area contributed by atoms with Crippen LogP contribution >= 0.6 is 23.5 Å². The fourth-order valence-corrected chi connectivity index (χ4v) is 10.7. The van der Waals surface area contributed by atoms with Crippen LogP contribution in [0.3, 0.4) is 0 Å². The third kappa shape index (κ3) is 9.71. The first kappa shape index (κ1) is 48.1. The molecule has 2 aliphatic rings. The molecule has 0 radical (unpaired) electrons. The van der Waals surface area contributed by atoms with Crippen LogP contribution in [-0.2, 0) is 32.7 Å². The number of ether oxygens (including phenoxy) is 5. The summed E-state index contributed by atoms with van der Waals surface area (Å²) < 4.78 is 34.7. The molecule has 0 bridgehead atoms. The van der Waals surface area contributed by atoms with Gasteiger partial charge in [-0.2, -0.15) is 10.2 Å². The van der Waals surface area contributed by atoms with Crippen molar-refractivity contribution in [3.8, 4) is 11.5 Å². The van der Waals surface area contributed by atoms with Gasteiger partial charge in [0.15, 0.2) is 23.8 Å². The molecule has 2 fully saturated rings. The Morgan fingerprint density at radius 3 is 1.57 bits per heavy atom. The number of thioether (sulfide) groups is 2. The van der Waals surface area contributed by atoms with Gasteiger partial charge in [0.2, 0.25) is 0 Å². The molecule has 6 unspecified atom stereocenters. The van der Waals surface area contributed by atoms with E-state index in [9.17, 15) is 0 Å². The van der Waals surface area contributed by atoms with Crippen molar-refractivity contribution in [2.75, 3.05) is 33.3 Å². The molecule has 0 spiro atoms. The molecule has 6 heterocycles. The molecule has 67 heavy (non-hydrogen) atoms. The van der Waals surface area contributed by atoms with Crippen LogP contribution in [0.1, 0.15) is 93.9 Å². The van der Waals surface area contributed by atoms with Gasteiger partial charge >= 0.3 is 0 Å². The third-order valence-corrected chi connectivity index (χ3v) is 14.4. The van der Waals surface area contributed by atoms with Gasteiger partial charge in [-0.1, -0.05) is 88.4 Å². The van der Waals surface area contributed by atoms with Gasteiger partial charge in [-0.25, -0.2) is 29.3 Å². The fraction of sp³-hybridized carbons (Fsp3) is 0.423. The Morgan fingerprint density at radius 1 is 0.672 bits per heavy atom. The Morgan fingerprint density at radius 2 is 1.13 bits per heavy atom. The van der Waals surface area contributed by atoms with Crippen LogP contribution in [0.15, 0.2) is 114 Å². The number of hydrogen-bond donors (Lipinski definition) is 0. The van der Waals surface area contributed by atoms with Gasteiger partial charge in [-0.15, -0.1) is 30.1 Å². The molecule has 0 amide bonds. The highest BCUT2D eigenvalue weighted by Crippen LogP contribution is 2.43. The van der Waals surface area contributed by atoms with Crippen LogP contribution in [0.25, 0.3) is 22.1 Å². The number of rotatable bonds is 17. The van der Waals surface area contributed by atoms with Gasteiger partial charge in [-0.05, 0) is 91.0 Å². The second-order valence-electron chi connectivity index (χ2n) is 17.0. The molecule has 0 saturated carbocycles. The van der Waals surface area contributed by atoms with E-state index < -0.39 is 5.60 Å². The van der Waals surface area contributed by atoms with Crippen LogP contribution in [0, 0.1) is 11.8 Å². The first-order chi connectivity index (χ1) is 32.7. The Balaban J connectivity index is 0.000000231. The lowest BCUT2D eigenvalue weighted by atomic mass is 9.80. The zero-order valence-electron chi connectivity index (χ0n) is 39.8. The van der Waals surface area contributed by atoms with Gasteiger partial charge in [0.25, 0.3) is 0 Å². The molecule has 4 aromatic heterocycles. The molecule has 7 aromatic rings. The van der Waals surface area contributed by atoms with Gasteiger partial charge in [-0.3, -0.25) is 0 Å². The number of benzene rings is 3. The summed E-state index contributed by atoms with van der Waals surface area (Å²) in [6, 6.07) is 26.5. The lowest BCUT2D eigenvalue weighted by Crippen LogP contribution is -2.33. The highest BCUT2D eigenvalue weighted by molar-refractivity contribution is 7.99. The fourth-order valence-electron chi connectivity index (χ4n) is 9.60. The molecule has 15 heteroatoms. The Labute approximate surface area is 402 Å². The minimum Gasteiger partial charge on any atom is -0.497 e. The van der Waals surface area contributed by atoms with Crippen molar-refractivity contribution in [3.63, 3.8) is 0 Å². The largest absolute Gasteiger partial charge is 0.497 e. The van der Waals surface area contributed by atoms with E-state index in [1.807, 2.05) is 70.4 Å². The van der Waals surface area contributed by atoms with Crippen molar-refractivity contribution < 1.29 is 23.7 Å². The lowest BCUT2D eigenvalue weighted by Gasteiger charge is -2.36. The molecule has 0 N–H and O–H groups in total. The van der Waals surface area contributed by atoms with Crippen molar-refractivity contribution in [1.82, 2.24) is 39.5 Å². The maximum atomic E-state index is 7.14. The second kappa shape index (κ2) is 21.8. The molecular formula is C52H62N8O5S2. The smallest absolute Gasteiger partial charge is 0.165 e. The molecule has 352 valence electrons. The average Bonchev–Trinajstić information content (AvgIpc) is 4.16. The predicted molar refractivity (Wildman–Crippen MR) is 266 cm³/mol. The molecule has 3 aromatic carbocycles. The maximum absolute atomic E-state index is 7.14. The van der Waals surface area contributed by atoms with Crippen LogP contribution in [-0.4, -0.2) is 85.0 Å². The zero-order chi connectivity index (χ0) is 47.1. The third-order valence-electron chi connectivity index (χ3n) is 13.0. The molecule has 2 aliphatic heterocycles. The van der Waals surface area contributed by atoms with Crippen LogP contribution < -0.4 is 9.47 Å². The predicted octanol–water partition coefficient (Wildman–Crippen LogP) is 11.1. The van der Waals surface area contributed by atoms with Crippen LogP contribution in [0.4, 0.5) is 0 Å². The molecule has 13 nitrogen and oxygen atoms in total. The lowest BCUT2D eigenvalue weighted by molar-refractivity contribution is -0.0101. The minimum atomic E-state index is -0.907. The highest BCUT2D eigenvalue weighted by Gasteiger charge is 2.39. The Hall–Kier alpha value is -5.32. The van der Waals surface area contributed by atoms with Gasteiger partial charge in [0.05, 0.1) is 55.2 Å². The monoisotopic (exact) mass is 942 g/mol. The highest BCUT2D eigenvalue weighted by atomic mass is 32.2. The van der Waals surface area contributed by atoms with Crippen LogP contribution in [0.5, 0.6) is 11.5 Å². The van der Waals surface area contributed by atoms with E-state index in [2.05, 4.69) is 85.6 Å². The Kier molecular flexibility index (Phi) is 15.6. The minimum absolute atomic E-state index is 0.0365. The average molecular weight is 943 g/mol. The summed E-state index contributed by atoms with van der Waals surface area (Å²) in [7, 11) is 3.35. The number of nitrogens with zero attached hydrogens (tertiary/aromatic N) is 8. The van der Waals surface area contributed by atoms with E-state index in [1.54, 1.807) is 50.4 Å². The summed E-state index contributed by atoms with van der Waals surface area (Å²) >= 11 is 3.22. The Bertz CT molecular complexity index is 2680. The van der Waals surface area contributed by atoms with E-state index >= 15 is 0 Å². The number of allylic oxidation sites excluding steroid dienone is 1. The summed E-state index contributed by atoms with van der Waals surface area (Å²) in [6.45, 7) is 13.1. The quantitative estimate of drug-likeness (QED) is 0.0371. The standard InChI is InChI=1S/C36H40N4O4S.C16H22N4OS/c1-6-31-24(2)22-32(44-31)40-34-33(35(45-5)38-23-37-34)30(39-40)20-21-43-36(25-10-8-7-9-11-25,26-12-16-28(41-3)17-13-26)27-14-18-29(42-4)19-15-27;1-5-7-11-14-15(17-9-18-16(14)22-4)20(19-11)13-8-10(3)12(6-2)21-13/h7-19,23-24,31-32H,6,20-22H2,1-5H3;5,9-10,12-13H,1,6-8H2,2-4H3. The van der Waals surface area contributed by atoms with Crippen molar-refractivity contribution in [3.05, 3.63) is 132 Å². The van der Waals surface area contributed by atoms with Crippen molar-refractivity contribution in [2.24, 2.45) is 11.8 Å². The summed E-state index contributed by atoms with van der Waals surface area (Å²) in [5.74, 6) is 2.56. The first-order valence-corrected chi connectivity index (χ1v) is 25.6. The van der Waals surface area contributed by atoms with Gasteiger partial charge < -0.3 is 23.7 Å². The van der Waals surface area contributed by atoms with E-state index in [1.165, 1.54) is 0 Å². The van der Waals surface area contributed by atoms with Gasteiger partial charge in [0, 0.05) is 12.8 Å². The number of aromatic nitrogens is 8. The molecule has 2 saturated heterocycles. The second-order valence-corrected chi connectivity index (χ2v) is 18.6. The summed E-state index contributed by atoms with van der Waals surface area (Å²) in [6.07, 6.45) is 14.6. The van der Waals surface area contributed by atoms with Crippen molar-refractivity contribution in [1.29, 1.82) is 0 Å². The SMILES string of the molecule is C=CCc1nn(C2CC(C)C(CC)O2)c2ncnc(SC)c12.CCC1OC(n2nc(CCOC(c3ccccc3)(c3ccc(OC)cc3)c3ccc(OC)cc3)c3c(SC)ncnc32)CC1C. The first-order valence-electron chi connectivity index (χ1n) is 23.1. The molecule has 9 rings (SSSR count). The summed E-state index contributed by atoms with van der Waals surface area (Å²) in [5, 5.41) is 13.8. The van der Waals surface area contributed by atoms with Gasteiger partial charge in [0.1, 0.15) is 39.8 Å². The van der Waals surface area contributed by atoms with E-state index in [4.69, 9.17) is 38.9 Å². The van der Waals surface area contributed by atoms with E-state index in [0.29, 0.717) is 37.4 Å². The topological polar surface area (TPSA) is 133 Å². The number of methoxy groups -OCH3 is 2. The van der Waals surface area contributed by atoms with E-state index in [0.717, 1.165) is 97.4 Å². The molecule has 0 aliphatic carbocycles. The maximum Gasteiger partial charge on any atom is 0.165 e. The van der Waals surface area contributed by atoms with Crippen molar-refractivity contribution in [2.45, 2.75) is 107 Å². The zero-order valence-corrected chi connectivity index (χ0v) is 41.4. The normalized spacial score (nSPS) is 20.5. The van der Waals surface area contributed by atoms with Crippen molar-refractivity contribution >= 4 is 45.6 Å². The van der Waals surface area contributed by atoms with Crippen LogP contribution in [0.2, 0.25) is 0 Å². The summed E-state index contributed by atoms with van der Waals surface area (Å²) in [5.41, 5.74) is 5.63. The molecule has 6 atom stereocenters. The number of fused-ring (bicyclic) bond motifs is 2. The van der Waals surface area contributed by atoms with E-state index in [-0.39, 0.29) is 18.6 Å².